The molecule has 0 fully saturated rings. The van der Waals surface area contributed by atoms with Gasteiger partial charge in [-0.15, -0.1) is 0 Å². The Morgan fingerprint density at radius 1 is 1.19 bits per heavy atom. The zero-order chi connectivity index (χ0) is 15.6. The topological polar surface area (TPSA) is 111 Å². The second kappa shape index (κ2) is 10.7. The number of hydrogen-bond donors (Lipinski definition) is 1. The third kappa shape index (κ3) is 15.3. The van der Waals surface area contributed by atoms with E-state index >= 15 is 0 Å². The first-order chi connectivity index (χ1) is 9.16. The summed E-state index contributed by atoms with van der Waals surface area (Å²) in [4.78, 5) is 10.8. The van der Waals surface area contributed by atoms with E-state index in [1.807, 2.05) is 0 Å². The molecule has 0 aliphatic carbocycles. The van der Waals surface area contributed by atoms with Crippen LogP contribution >= 0.6 is 0 Å². The van der Waals surface area contributed by atoms with Gasteiger partial charge in [-0.25, -0.2) is 4.79 Å². The summed E-state index contributed by atoms with van der Waals surface area (Å²) in [5.41, 5.74) is 0. The number of rotatable bonds is 11. The van der Waals surface area contributed by atoms with Gasteiger partial charge in [-0.3, -0.25) is 4.55 Å². The fraction of sp³-hybridized carbons (Fsp3) is 0.769. The molecule has 0 unspecified atom stereocenters. The van der Waals surface area contributed by atoms with Gasteiger partial charge in [0.2, 0.25) is 0 Å². The zero-order valence-corrected chi connectivity index (χ0v) is 13.6. The quantitative estimate of drug-likeness (QED) is 0.200. The average Bonchev–Trinajstić information content (AvgIpc) is 2.32. The number of esters is 1. The number of nitrogens with zero attached hydrogens (tertiary/aromatic N) is 1. The lowest BCUT2D eigenvalue weighted by Gasteiger charge is -2.29. The Morgan fingerprint density at radius 2 is 1.76 bits per heavy atom. The van der Waals surface area contributed by atoms with E-state index in [4.69, 9.17) is 9.29 Å². The minimum absolute atomic E-state index is 0. The van der Waals surface area contributed by atoms with Crippen LogP contribution in [-0.2, 0) is 19.6 Å². The van der Waals surface area contributed by atoms with Crippen LogP contribution in [0.1, 0.15) is 25.7 Å². The van der Waals surface area contributed by atoms with Gasteiger partial charge < -0.3 is 14.7 Å². The molecule has 0 bridgehead atoms. The Balaban J connectivity index is 0. The predicted octanol–water partition coefficient (Wildman–Crippen LogP) is 1.06. The van der Waals surface area contributed by atoms with E-state index < -0.39 is 16.1 Å². The van der Waals surface area contributed by atoms with Gasteiger partial charge in [0.05, 0.1) is 39.5 Å². The van der Waals surface area contributed by atoms with Crippen LogP contribution in [0.4, 0.5) is 0 Å². The van der Waals surface area contributed by atoms with Crippen molar-refractivity contribution >= 4 is 16.1 Å². The summed E-state index contributed by atoms with van der Waals surface area (Å²) in [5, 5.41) is 0. The summed E-state index contributed by atoms with van der Waals surface area (Å²) in [6.07, 6.45) is 4.07. The van der Waals surface area contributed by atoms with Crippen molar-refractivity contribution in [1.29, 1.82) is 0 Å². The Kier molecular flexibility index (Phi) is 11.4. The summed E-state index contributed by atoms with van der Waals surface area (Å²) in [6.45, 7) is 5.50. The third-order valence-electron chi connectivity index (χ3n) is 2.98. The lowest BCUT2D eigenvalue weighted by atomic mass is 10.2. The van der Waals surface area contributed by atoms with E-state index in [0.717, 1.165) is 42.9 Å². The largest absolute Gasteiger partial charge is 0.870 e. The molecule has 0 aliphatic heterocycles. The first kappa shape index (κ1) is 22.3. The van der Waals surface area contributed by atoms with E-state index in [1.54, 1.807) is 0 Å². The third-order valence-corrected chi connectivity index (χ3v) is 3.79. The molecular formula is C13H27NO6S. The monoisotopic (exact) mass is 325 g/mol. The van der Waals surface area contributed by atoms with Gasteiger partial charge in [-0.1, -0.05) is 6.58 Å². The predicted molar refractivity (Wildman–Crippen MR) is 79.8 cm³/mol. The standard InChI is InChI=1S/C13H25NO5S.H2O/c1-4-13(15)19-11-8-10-14(2,3)9-6-5-7-12-20(16,17)18;/h4H,1,5-12H2,2-3H3;1H2. The van der Waals surface area contributed by atoms with Crippen LogP contribution in [0.25, 0.3) is 0 Å². The van der Waals surface area contributed by atoms with Crippen LogP contribution in [0.15, 0.2) is 12.7 Å². The van der Waals surface area contributed by atoms with Crippen LogP contribution in [-0.4, -0.2) is 68.4 Å². The Hall–Kier alpha value is -0.960. The smallest absolute Gasteiger partial charge is 0.330 e. The Bertz CT molecular complexity index is 405. The Morgan fingerprint density at radius 3 is 2.29 bits per heavy atom. The number of unbranched alkanes of at least 4 members (excludes halogenated alkanes) is 2. The van der Waals surface area contributed by atoms with E-state index in [9.17, 15) is 13.2 Å². The van der Waals surface area contributed by atoms with E-state index in [1.165, 1.54) is 0 Å². The summed E-state index contributed by atoms with van der Waals surface area (Å²) < 4.78 is 35.4. The Labute approximate surface area is 127 Å². The highest BCUT2D eigenvalue weighted by Crippen LogP contribution is 2.06. The molecule has 0 aliphatic rings. The molecule has 0 heterocycles. The molecule has 8 heteroatoms. The molecule has 0 atom stereocenters. The lowest BCUT2D eigenvalue weighted by molar-refractivity contribution is -0.890. The van der Waals surface area contributed by atoms with Crippen molar-refractivity contribution in [3.63, 3.8) is 0 Å². The van der Waals surface area contributed by atoms with Crippen molar-refractivity contribution < 1.29 is 32.5 Å². The molecule has 0 radical (unpaired) electrons. The minimum Gasteiger partial charge on any atom is -0.870 e. The molecule has 7 nitrogen and oxygen atoms in total. The average molecular weight is 325 g/mol. The molecule has 0 saturated heterocycles. The first-order valence-corrected chi connectivity index (χ1v) is 8.33. The molecular weight excluding hydrogens is 298 g/mol. The van der Waals surface area contributed by atoms with Crippen molar-refractivity contribution in [1.82, 2.24) is 0 Å². The molecule has 0 saturated carbocycles. The van der Waals surface area contributed by atoms with Gasteiger partial charge in [-0.05, 0) is 19.3 Å². The highest BCUT2D eigenvalue weighted by Gasteiger charge is 2.14. The maximum atomic E-state index is 10.8. The van der Waals surface area contributed by atoms with E-state index in [0.29, 0.717) is 13.0 Å². The van der Waals surface area contributed by atoms with Gasteiger partial charge in [0.25, 0.3) is 10.1 Å². The number of carbonyl (C=O) groups excluding carboxylic acids is 1. The second-order valence-electron chi connectivity index (χ2n) is 5.45. The van der Waals surface area contributed by atoms with Crippen molar-refractivity contribution in [2.75, 3.05) is 39.5 Å². The van der Waals surface area contributed by atoms with E-state index in [2.05, 4.69) is 20.7 Å². The maximum absolute atomic E-state index is 10.8. The summed E-state index contributed by atoms with van der Waals surface area (Å²) >= 11 is 0. The van der Waals surface area contributed by atoms with Crippen LogP contribution in [0, 0.1) is 0 Å². The summed E-state index contributed by atoms with van der Waals surface area (Å²) in [6, 6.07) is 0. The van der Waals surface area contributed by atoms with Crippen LogP contribution in [0.2, 0.25) is 0 Å². The summed E-state index contributed by atoms with van der Waals surface area (Å²) in [5.74, 6) is -0.571. The molecule has 0 amide bonds. The van der Waals surface area contributed by atoms with E-state index in [-0.39, 0.29) is 11.2 Å². The van der Waals surface area contributed by atoms with Gasteiger partial charge in [0, 0.05) is 12.5 Å². The van der Waals surface area contributed by atoms with Crippen molar-refractivity contribution in [3.05, 3.63) is 12.7 Å². The van der Waals surface area contributed by atoms with Crippen LogP contribution in [0.5, 0.6) is 0 Å². The number of carbonyl (C=O) groups is 1. The van der Waals surface area contributed by atoms with Gasteiger partial charge >= 0.3 is 5.97 Å². The molecule has 0 aromatic heterocycles. The minimum atomic E-state index is -3.83. The molecule has 0 spiro atoms. The fourth-order valence-electron chi connectivity index (χ4n) is 1.84. The zero-order valence-electron chi connectivity index (χ0n) is 12.8. The van der Waals surface area contributed by atoms with Gasteiger partial charge in [0.1, 0.15) is 0 Å². The molecule has 21 heavy (non-hydrogen) atoms. The van der Waals surface area contributed by atoms with Crippen molar-refractivity contribution in [2.24, 2.45) is 0 Å². The fourth-order valence-corrected chi connectivity index (χ4v) is 2.41. The van der Waals surface area contributed by atoms with Crippen LogP contribution in [0.3, 0.4) is 0 Å². The van der Waals surface area contributed by atoms with Gasteiger partial charge in [0.15, 0.2) is 0 Å². The van der Waals surface area contributed by atoms with Crippen molar-refractivity contribution in [3.8, 4) is 0 Å². The lowest BCUT2D eigenvalue weighted by Crippen LogP contribution is -2.41. The summed E-state index contributed by atoms with van der Waals surface area (Å²) in [7, 11) is 0.333. The molecule has 0 aromatic rings. The van der Waals surface area contributed by atoms with Crippen LogP contribution < -0.4 is 0 Å². The van der Waals surface area contributed by atoms with Gasteiger partial charge in [-0.2, -0.15) is 8.42 Å². The SMILES string of the molecule is C=CC(=O)OCCC[N+](C)(C)CCCCCS(=O)(=O)O.[OH-]. The maximum Gasteiger partial charge on any atom is 0.330 e. The highest BCUT2D eigenvalue weighted by atomic mass is 32.2. The number of hydrogen-bond acceptors (Lipinski definition) is 5. The normalized spacial score (nSPS) is 11.6. The first-order valence-electron chi connectivity index (χ1n) is 6.73. The van der Waals surface area contributed by atoms with Crippen molar-refractivity contribution in [2.45, 2.75) is 25.7 Å². The molecule has 0 aromatic carbocycles. The molecule has 0 rings (SSSR count). The number of quaternary nitrogens is 1. The molecule has 2 N–H and O–H groups in total. The second-order valence-corrected chi connectivity index (χ2v) is 7.03. The molecule has 126 valence electrons. The number of ether oxygens (including phenoxy) is 1. The highest BCUT2D eigenvalue weighted by molar-refractivity contribution is 7.85.